The van der Waals surface area contributed by atoms with Crippen LogP contribution in [0.1, 0.15) is 31.7 Å². The predicted octanol–water partition coefficient (Wildman–Crippen LogP) is 4.99. The van der Waals surface area contributed by atoms with Crippen LogP contribution in [-0.2, 0) is 0 Å². The Bertz CT molecular complexity index is 1020. The lowest BCUT2D eigenvalue weighted by atomic mass is 9.97. The van der Waals surface area contributed by atoms with Crippen molar-refractivity contribution in [2.24, 2.45) is 4.99 Å². The average molecular weight is 357 g/mol. The van der Waals surface area contributed by atoms with Crippen LogP contribution >= 0.6 is 0 Å². The lowest BCUT2D eigenvalue weighted by Gasteiger charge is -2.29. The summed E-state index contributed by atoms with van der Waals surface area (Å²) in [6.07, 6.45) is 10.8. The molecule has 0 saturated carbocycles. The second kappa shape index (κ2) is 7.23. The van der Waals surface area contributed by atoms with E-state index in [9.17, 15) is 4.39 Å². The molecule has 0 unspecified atom stereocenters. The zero-order valence-electron chi connectivity index (χ0n) is 15.3. The van der Waals surface area contributed by atoms with Crippen molar-refractivity contribution in [2.75, 3.05) is 18.0 Å². The van der Waals surface area contributed by atoms with Crippen molar-refractivity contribution in [2.45, 2.75) is 26.2 Å². The Morgan fingerprint density at radius 3 is 3.04 bits per heavy atom. The molecular formula is C23H20FN3. The zero-order valence-corrected chi connectivity index (χ0v) is 15.3. The van der Waals surface area contributed by atoms with Gasteiger partial charge in [0.2, 0.25) is 0 Å². The Morgan fingerprint density at radius 1 is 1.30 bits per heavy atom. The van der Waals surface area contributed by atoms with Crippen LogP contribution in [0.15, 0.2) is 75.6 Å². The third-order valence-electron chi connectivity index (χ3n) is 5.20. The summed E-state index contributed by atoms with van der Waals surface area (Å²) in [5.74, 6) is -0.372. The van der Waals surface area contributed by atoms with Crippen LogP contribution in [0.25, 0.3) is 0 Å². The molecule has 0 bridgehead atoms. The molecule has 4 heteroatoms. The predicted molar refractivity (Wildman–Crippen MR) is 106 cm³/mol. The molecule has 134 valence electrons. The van der Waals surface area contributed by atoms with E-state index in [0.29, 0.717) is 12.1 Å². The van der Waals surface area contributed by atoms with Crippen molar-refractivity contribution >= 4 is 11.4 Å². The number of benzene rings is 1. The van der Waals surface area contributed by atoms with E-state index < -0.39 is 0 Å². The number of nitriles is 1. The maximum atomic E-state index is 13.8. The number of nitrogens with zero attached hydrogens (tertiary/aromatic N) is 3. The highest BCUT2D eigenvalue weighted by Gasteiger charge is 2.25. The van der Waals surface area contributed by atoms with Gasteiger partial charge in [-0.05, 0) is 54.3 Å². The third-order valence-corrected chi connectivity index (χ3v) is 5.20. The van der Waals surface area contributed by atoms with Gasteiger partial charge in [-0.25, -0.2) is 4.39 Å². The molecule has 0 N–H and O–H groups in total. The number of hydrogen-bond donors (Lipinski definition) is 0. The first-order valence-electron chi connectivity index (χ1n) is 9.15. The molecule has 4 rings (SSSR count). The summed E-state index contributed by atoms with van der Waals surface area (Å²) >= 11 is 0. The fraction of sp³-hybridized carbons (Fsp3) is 0.261. The van der Waals surface area contributed by atoms with E-state index in [4.69, 9.17) is 10.3 Å². The molecule has 0 fully saturated rings. The first-order valence-corrected chi connectivity index (χ1v) is 9.15. The van der Waals surface area contributed by atoms with E-state index in [1.165, 1.54) is 29.0 Å². The quantitative estimate of drug-likeness (QED) is 0.715. The highest BCUT2D eigenvalue weighted by atomic mass is 19.1. The van der Waals surface area contributed by atoms with Gasteiger partial charge in [-0.15, -0.1) is 5.73 Å². The molecule has 0 radical (unpaired) electrons. The van der Waals surface area contributed by atoms with Crippen LogP contribution in [0.3, 0.4) is 0 Å². The molecule has 0 saturated heterocycles. The van der Waals surface area contributed by atoms with Gasteiger partial charge in [0, 0.05) is 30.8 Å². The summed E-state index contributed by atoms with van der Waals surface area (Å²) in [4.78, 5) is 7.00. The molecule has 2 heterocycles. The fourth-order valence-electron chi connectivity index (χ4n) is 3.74. The molecule has 0 spiro atoms. The summed E-state index contributed by atoms with van der Waals surface area (Å²) in [5, 5.41) is 9.08. The maximum Gasteiger partial charge on any atom is 0.126 e. The molecule has 3 nitrogen and oxygen atoms in total. The van der Waals surface area contributed by atoms with E-state index in [1.54, 1.807) is 6.07 Å². The largest absolute Gasteiger partial charge is 0.365 e. The molecule has 0 aromatic heterocycles. The summed E-state index contributed by atoms with van der Waals surface area (Å²) in [6, 6.07) is 6.54. The van der Waals surface area contributed by atoms with E-state index in [2.05, 4.69) is 23.6 Å². The number of aliphatic imine (C=N–C) groups is 1. The van der Waals surface area contributed by atoms with Crippen molar-refractivity contribution < 1.29 is 4.39 Å². The molecule has 1 aromatic carbocycles. The topological polar surface area (TPSA) is 39.4 Å². The fourth-order valence-corrected chi connectivity index (χ4v) is 3.74. The molecular weight excluding hydrogens is 337 g/mol. The van der Waals surface area contributed by atoms with Crippen molar-refractivity contribution in [1.82, 2.24) is 0 Å². The van der Waals surface area contributed by atoms with Gasteiger partial charge < -0.3 is 4.90 Å². The van der Waals surface area contributed by atoms with Gasteiger partial charge in [0.05, 0.1) is 23.9 Å². The first-order chi connectivity index (χ1) is 13.1. The molecule has 0 amide bonds. The summed E-state index contributed by atoms with van der Waals surface area (Å²) in [5.41, 5.74) is 10.4. The normalized spacial score (nSPS) is 18.6. The Hall–Kier alpha value is -3.15. The Balaban J connectivity index is 1.51. The minimum atomic E-state index is -0.372. The average Bonchev–Trinajstić information content (AvgIpc) is 2.96. The highest BCUT2D eigenvalue weighted by Crippen LogP contribution is 2.33. The van der Waals surface area contributed by atoms with Crippen molar-refractivity contribution in [3.8, 4) is 6.07 Å². The van der Waals surface area contributed by atoms with E-state index in [-0.39, 0.29) is 5.82 Å². The summed E-state index contributed by atoms with van der Waals surface area (Å²) < 4.78 is 13.8. The van der Waals surface area contributed by atoms with Crippen molar-refractivity contribution in [3.63, 3.8) is 0 Å². The first kappa shape index (κ1) is 17.3. The van der Waals surface area contributed by atoms with Crippen LogP contribution in [0.2, 0.25) is 0 Å². The third kappa shape index (κ3) is 3.69. The van der Waals surface area contributed by atoms with Crippen LogP contribution in [0.4, 0.5) is 10.1 Å². The second-order valence-corrected chi connectivity index (χ2v) is 7.08. The number of anilines is 1. The lowest BCUT2D eigenvalue weighted by Crippen LogP contribution is -2.30. The second-order valence-electron chi connectivity index (χ2n) is 7.08. The van der Waals surface area contributed by atoms with Gasteiger partial charge in [-0.2, -0.15) is 5.26 Å². The molecule has 2 aliphatic heterocycles. The van der Waals surface area contributed by atoms with Gasteiger partial charge in [0.15, 0.2) is 0 Å². The number of rotatable bonds is 3. The number of allylic oxidation sites excluding steroid dienone is 5. The van der Waals surface area contributed by atoms with Crippen LogP contribution < -0.4 is 4.90 Å². The van der Waals surface area contributed by atoms with E-state index in [1.807, 2.05) is 24.3 Å². The molecule has 27 heavy (non-hydrogen) atoms. The Morgan fingerprint density at radius 2 is 2.19 bits per heavy atom. The molecule has 1 aromatic rings. The smallest absolute Gasteiger partial charge is 0.126 e. The number of halogens is 1. The molecule has 0 atom stereocenters. The standard InChI is InChI=1S/C23H20FN3/c1-16-5-3-2-4-6-18(16)11-21-12-19-7-8-27(15-23(19)26-21)22-10-17(14-25)9-20(24)13-22/h2-4,6,9-10,13H,7-8,11-12,15H2,1H3. The van der Waals surface area contributed by atoms with E-state index >= 15 is 0 Å². The summed E-state index contributed by atoms with van der Waals surface area (Å²) in [6.45, 7) is 3.57. The van der Waals surface area contributed by atoms with Gasteiger partial charge in [-0.3, -0.25) is 4.99 Å². The van der Waals surface area contributed by atoms with Crippen molar-refractivity contribution in [3.05, 3.63) is 82.0 Å². The molecule has 1 aliphatic carbocycles. The van der Waals surface area contributed by atoms with Gasteiger partial charge >= 0.3 is 0 Å². The number of hydrogen-bond acceptors (Lipinski definition) is 3. The monoisotopic (exact) mass is 357 g/mol. The summed E-state index contributed by atoms with van der Waals surface area (Å²) in [7, 11) is 0. The molecule has 3 aliphatic rings. The lowest BCUT2D eigenvalue weighted by molar-refractivity contribution is 0.625. The zero-order chi connectivity index (χ0) is 18.8. The highest BCUT2D eigenvalue weighted by molar-refractivity contribution is 5.92. The van der Waals surface area contributed by atoms with Crippen LogP contribution in [-0.4, -0.2) is 18.8 Å². The Labute approximate surface area is 158 Å². The SMILES string of the molecule is CC1=C=CC=CC=C1CC1=NC2=C(CCN(c3cc(F)cc(C#N)c3)C2)C1. The van der Waals surface area contributed by atoms with Gasteiger partial charge in [-0.1, -0.05) is 18.2 Å². The minimum Gasteiger partial charge on any atom is -0.365 e. The van der Waals surface area contributed by atoms with Crippen LogP contribution in [0, 0.1) is 17.1 Å². The van der Waals surface area contributed by atoms with Gasteiger partial charge in [0.1, 0.15) is 5.82 Å². The van der Waals surface area contributed by atoms with Crippen LogP contribution in [0.5, 0.6) is 0 Å². The Kier molecular flexibility index (Phi) is 4.62. The minimum absolute atomic E-state index is 0.351. The van der Waals surface area contributed by atoms with E-state index in [0.717, 1.165) is 42.8 Å². The van der Waals surface area contributed by atoms with Gasteiger partial charge in [0.25, 0.3) is 0 Å². The van der Waals surface area contributed by atoms with Crippen molar-refractivity contribution in [1.29, 1.82) is 5.26 Å². The maximum absolute atomic E-state index is 13.8.